The summed E-state index contributed by atoms with van der Waals surface area (Å²) in [5.41, 5.74) is -0.811. The fraction of sp³-hybridized carbons (Fsp3) is 0.600. The van der Waals surface area contributed by atoms with Crippen molar-refractivity contribution in [1.29, 1.82) is 0 Å². The van der Waals surface area contributed by atoms with E-state index < -0.39 is 15.6 Å². The summed E-state index contributed by atoms with van der Waals surface area (Å²) in [5, 5.41) is 26.0. The molecule has 1 rings (SSSR count). The second kappa shape index (κ2) is 5.81. The summed E-state index contributed by atoms with van der Waals surface area (Å²) < 4.78 is 27.0. The SMILES string of the molecule is CCC(CO)(CO)NCc1ccc(S(N)(=O)=O)o1. The molecule has 0 atom stereocenters. The van der Waals surface area contributed by atoms with Crippen LogP contribution in [0, 0.1) is 0 Å². The van der Waals surface area contributed by atoms with Gasteiger partial charge in [0.15, 0.2) is 0 Å². The molecule has 104 valence electrons. The van der Waals surface area contributed by atoms with Crippen molar-refractivity contribution in [3.8, 4) is 0 Å². The maximum absolute atomic E-state index is 11.0. The molecule has 0 aliphatic rings. The van der Waals surface area contributed by atoms with Gasteiger partial charge in [0.05, 0.1) is 25.3 Å². The smallest absolute Gasteiger partial charge is 0.271 e. The van der Waals surface area contributed by atoms with Crippen molar-refractivity contribution in [2.75, 3.05) is 13.2 Å². The van der Waals surface area contributed by atoms with Crippen molar-refractivity contribution >= 4 is 10.0 Å². The van der Waals surface area contributed by atoms with Crippen LogP contribution in [-0.2, 0) is 16.6 Å². The highest BCUT2D eigenvalue weighted by atomic mass is 32.2. The summed E-state index contributed by atoms with van der Waals surface area (Å²) in [6, 6.07) is 2.74. The first-order valence-electron chi connectivity index (χ1n) is 5.45. The zero-order valence-corrected chi connectivity index (χ0v) is 10.9. The van der Waals surface area contributed by atoms with E-state index >= 15 is 0 Å². The second-order valence-corrected chi connectivity index (χ2v) is 5.56. The Balaban J connectivity index is 2.72. The predicted octanol–water partition coefficient (Wildman–Crippen LogP) is -0.850. The number of nitrogens with two attached hydrogens (primary N) is 1. The van der Waals surface area contributed by atoms with E-state index in [2.05, 4.69) is 5.32 Å². The van der Waals surface area contributed by atoms with Crippen LogP contribution in [0.5, 0.6) is 0 Å². The molecular formula is C10H18N2O5S. The quantitative estimate of drug-likeness (QED) is 0.515. The van der Waals surface area contributed by atoms with E-state index in [0.29, 0.717) is 12.2 Å². The lowest BCUT2D eigenvalue weighted by atomic mass is 9.98. The normalized spacial score (nSPS) is 12.9. The van der Waals surface area contributed by atoms with Crippen LogP contribution in [0.25, 0.3) is 0 Å². The molecule has 7 nitrogen and oxygen atoms in total. The first-order valence-corrected chi connectivity index (χ1v) is 7.00. The van der Waals surface area contributed by atoms with E-state index in [1.165, 1.54) is 12.1 Å². The summed E-state index contributed by atoms with van der Waals surface area (Å²) in [5.74, 6) is 0.360. The van der Waals surface area contributed by atoms with Gasteiger partial charge in [-0.15, -0.1) is 0 Å². The molecule has 0 aromatic carbocycles. The fourth-order valence-corrected chi connectivity index (χ4v) is 1.87. The summed E-state index contributed by atoms with van der Waals surface area (Å²) in [4.78, 5) is 0. The second-order valence-electron chi connectivity index (χ2n) is 4.07. The summed E-state index contributed by atoms with van der Waals surface area (Å²) in [6.07, 6.45) is 0.517. The van der Waals surface area contributed by atoms with Gasteiger partial charge in [-0.2, -0.15) is 0 Å². The number of rotatable bonds is 7. The molecule has 0 bridgehead atoms. The number of nitrogens with one attached hydrogen (secondary N) is 1. The third kappa shape index (κ3) is 3.53. The number of hydrogen-bond acceptors (Lipinski definition) is 6. The van der Waals surface area contributed by atoms with Crippen LogP contribution < -0.4 is 10.5 Å². The van der Waals surface area contributed by atoms with Gasteiger partial charge < -0.3 is 19.9 Å². The third-order valence-corrected chi connectivity index (χ3v) is 3.62. The molecule has 0 unspecified atom stereocenters. The first-order chi connectivity index (χ1) is 8.37. The Morgan fingerprint density at radius 3 is 2.39 bits per heavy atom. The zero-order chi connectivity index (χ0) is 13.8. The highest BCUT2D eigenvalue weighted by Gasteiger charge is 2.26. The van der Waals surface area contributed by atoms with E-state index in [1.54, 1.807) is 0 Å². The predicted molar refractivity (Wildman–Crippen MR) is 64.1 cm³/mol. The van der Waals surface area contributed by atoms with Gasteiger partial charge in [0, 0.05) is 0 Å². The van der Waals surface area contributed by atoms with Gasteiger partial charge >= 0.3 is 0 Å². The minimum absolute atomic E-state index is 0.185. The van der Waals surface area contributed by atoms with Gasteiger partial charge in [-0.25, -0.2) is 13.6 Å². The lowest BCUT2D eigenvalue weighted by molar-refractivity contribution is 0.0845. The Bertz CT molecular complexity index is 470. The van der Waals surface area contributed by atoms with Crippen LogP contribution in [-0.4, -0.2) is 37.4 Å². The van der Waals surface area contributed by atoms with Crippen molar-refractivity contribution in [2.24, 2.45) is 5.14 Å². The Kier molecular flexibility index (Phi) is 4.88. The number of furan rings is 1. The van der Waals surface area contributed by atoms with Crippen LogP contribution in [0.2, 0.25) is 0 Å². The lowest BCUT2D eigenvalue weighted by Gasteiger charge is -2.29. The maximum Gasteiger partial charge on any atom is 0.271 e. The minimum atomic E-state index is -3.85. The topological polar surface area (TPSA) is 126 Å². The average molecular weight is 278 g/mol. The Hall–Kier alpha value is -0.930. The summed E-state index contributed by atoms with van der Waals surface area (Å²) >= 11 is 0. The fourth-order valence-electron chi connectivity index (χ4n) is 1.39. The van der Waals surface area contributed by atoms with Crippen molar-refractivity contribution < 1.29 is 23.0 Å². The molecule has 1 heterocycles. The molecule has 8 heteroatoms. The van der Waals surface area contributed by atoms with Gasteiger partial charge in [0.1, 0.15) is 5.76 Å². The van der Waals surface area contributed by atoms with E-state index in [4.69, 9.17) is 9.56 Å². The van der Waals surface area contributed by atoms with Gasteiger partial charge in [-0.05, 0) is 18.6 Å². The highest BCUT2D eigenvalue weighted by molar-refractivity contribution is 7.89. The van der Waals surface area contributed by atoms with Crippen LogP contribution in [0.3, 0.4) is 0 Å². The van der Waals surface area contributed by atoms with Gasteiger partial charge in [-0.3, -0.25) is 0 Å². The molecule has 18 heavy (non-hydrogen) atoms. The number of sulfonamides is 1. The largest absolute Gasteiger partial charge is 0.447 e. The molecule has 0 saturated carbocycles. The third-order valence-electron chi connectivity index (χ3n) is 2.84. The number of primary sulfonamides is 1. The van der Waals surface area contributed by atoms with Gasteiger partial charge in [0.2, 0.25) is 5.09 Å². The lowest BCUT2D eigenvalue weighted by Crippen LogP contribution is -2.50. The van der Waals surface area contributed by atoms with Gasteiger partial charge in [0.25, 0.3) is 10.0 Å². The molecule has 1 aromatic heterocycles. The molecule has 0 spiro atoms. The van der Waals surface area contributed by atoms with Gasteiger partial charge in [-0.1, -0.05) is 6.92 Å². The minimum Gasteiger partial charge on any atom is -0.447 e. The molecule has 0 aliphatic carbocycles. The molecular weight excluding hydrogens is 260 g/mol. The molecule has 0 radical (unpaired) electrons. The van der Waals surface area contributed by atoms with Crippen LogP contribution in [0.1, 0.15) is 19.1 Å². The standard InChI is InChI=1S/C10H18N2O5S/c1-2-10(6-13,7-14)12-5-8-3-4-9(17-8)18(11,15)16/h3-4,12-14H,2,5-7H2,1H3,(H2,11,15,16). The van der Waals surface area contributed by atoms with Crippen molar-refractivity contribution in [2.45, 2.75) is 30.5 Å². The average Bonchev–Trinajstić information content (AvgIpc) is 2.80. The van der Waals surface area contributed by atoms with Crippen LogP contribution in [0.4, 0.5) is 0 Å². The molecule has 0 amide bonds. The van der Waals surface area contributed by atoms with E-state index in [0.717, 1.165) is 0 Å². The van der Waals surface area contributed by atoms with E-state index in [1.807, 2.05) is 6.92 Å². The zero-order valence-electron chi connectivity index (χ0n) is 10.1. The van der Waals surface area contributed by atoms with Crippen LogP contribution >= 0.6 is 0 Å². The van der Waals surface area contributed by atoms with E-state index in [-0.39, 0.29) is 24.9 Å². The van der Waals surface area contributed by atoms with Crippen LogP contribution in [0.15, 0.2) is 21.6 Å². The first kappa shape index (κ1) is 15.1. The Morgan fingerprint density at radius 1 is 1.39 bits per heavy atom. The number of aliphatic hydroxyl groups is 2. The Labute approximate surface area is 106 Å². The number of aliphatic hydroxyl groups excluding tert-OH is 2. The van der Waals surface area contributed by atoms with Crippen molar-refractivity contribution in [3.63, 3.8) is 0 Å². The van der Waals surface area contributed by atoms with Crippen molar-refractivity contribution in [1.82, 2.24) is 5.32 Å². The molecule has 0 fully saturated rings. The molecule has 0 saturated heterocycles. The van der Waals surface area contributed by atoms with E-state index in [9.17, 15) is 18.6 Å². The Morgan fingerprint density at radius 2 is 2.00 bits per heavy atom. The number of hydrogen-bond donors (Lipinski definition) is 4. The molecule has 0 aliphatic heterocycles. The summed E-state index contributed by atoms with van der Waals surface area (Å²) in [7, 11) is -3.85. The maximum atomic E-state index is 11.0. The molecule has 1 aromatic rings. The monoisotopic (exact) mass is 278 g/mol. The summed E-state index contributed by atoms with van der Waals surface area (Å²) in [6.45, 7) is 1.54. The highest BCUT2D eigenvalue weighted by Crippen LogP contribution is 2.14. The van der Waals surface area contributed by atoms with Crippen molar-refractivity contribution in [3.05, 3.63) is 17.9 Å². The molecule has 5 N–H and O–H groups in total.